The Labute approximate surface area is 95.3 Å². The second kappa shape index (κ2) is 4.22. The van der Waals surface area contributed by atoms with Gasteiger partial charge in [-0.1, -0.05) is 0 Å². The van der Waals surface area contributed by atoms with Gasteiger partial charge in [-0.2, -0.15) is 0 Å². The van der Waals surface area contributed by atoms with E-state index in [-0.39, 0.29) is 12.4 Å². The van der Waals surface area contributed by atoms with Gasteiger partial charge in [0.25, 0.3) is 0 Å². The van der Waals surface area contributed by atoms with Crippen LogP contribution in [0.2, 0.25) is 0 Å². The van der Waals surface area contributed by atoms with Crippen LogP contribution in [0.3, 0.4) is 0 Å². The quantitative estimate of drug-likeness (QED) is 0.847. The molecule has 0 unspecified atom stereocenters. The van der Waals surface area contributed by atoms with Gasteiger partial charge in [0.1, 0.15) is 11.4 Å². The SMILES string of the molecule is CC(C)(CCN)Oc1ccc2c(c1)OCO2. The predicted octanol–water partition coefficient (Wildman–Crippen LogP) is 1.92. The van der Waals surface area contributed by atoms with Gasteiger partial charge in [0.2, 0.25) is 6.79 Å². The van der Waals surface area contributed by atoms with E-state index in [1.807, 2.05) is 32.0 Å². The van der Waals surface area contributed by atoms with Gasteiger partial charge in [0.05, 0.1) is 0 Å². The molecule has 2 rings (SSSR count). The molecule has 0 radical (unpaired) electrons. The first-order chi connectivity index (χ1) is 7.61. The predicted molar refractivity (Wildman–Crippen MR) is 60.9 cm³/mol. The van der Waals surface area contributed by atoms with Crippen LogP contribution in [0.5, 0.6) is 17.2 Å². The number of hydrogen-bond donors (Lipinski definition) is 1. The Morgan fingerprint density at radius 3 is 2.81 bits per heavy atom. The summed E-state index contributed by atoms with van der Waals surface area (Å²) in [5.74, 6) is 2.28. The zero-order valence-corrected chi connectivity index (χ0v) is 9.66. The Morgan fingerprint density at radius 2 is 2.06 bits per heavy atom. The van der Waals surface area contributed by atoms with Crippen LogP contribution < -0.4 is 19.9 Å². The molecule has 0 spiro atoms. The molecule has 4 nitrogen and oxygen atoms in total. The molecular weight excluding hydrogens is 206 g/mol. The van der Waals surface area contributed by atoms with Crippen molar-refractivity contribution in [3.63, 3.8) is 0 Å². The summed E-state index contributed by atoms with van der Waals surface area (Å²) in [6.07, 6.45) is 0.807. The summed E-state index contributed by atoms with van der Waals surface area (Å²) in [5.41, 5.74) is 5.27. The van der Waals surface area contributed by atoms with Crippen LogP contribution in [0.1, 0.15) is 20.3 Å². The summed E-state index contributed by atoms with van der Waals surface area (Å²) in [4.78, 5) is 0. The number of nitrogens with two attached hydrogens (primary N) is 1. The number of rotatable bonds is 4. The van der Waals surface area contributed by atoms with Crippen molar-refractivity contribution in [2.45, 2.75) is 25.9 Å². The van der Waals surface area contributed by atoms with E-state index in [9.17, 15) is 0 Å². The maximum absolute atomic E-state index is 5.85. The molecule has 1 aliphatic rings. The van der Waals surface area contributed by atoms with Crippen LogP contribution in [0.25, 0.3) is 0 Å². The van der Waals surface area contributed by atoms with Crippen molar-refractivity contribution in [3.8, 4) is 17.2 Å². The number of fused-ring (bicyclic) bond motifs is 1. The molecule has 4 heteroatoms. The summed E-state index contributed by atoms with van der Waals surface area (Å²) in [5, 5.41) is 0. The molecule has 1 aromatic carbocycles. The minimum Gasteiger partial charge on any atom is -0.488 e. The molecule has 0 bridgehead atoms. The molecule has 2 N–H and O–H groups in total. The zero-order chi connectivity index (χ0) is 11.6. The lowest BCUT2D eigenvalue weighted by atomic mass is 10.1. The van der Waals surface area contributed by atoms with E-state index in [1.54, 1.807) is 0 Å². The van der Waals surface area contributed by atoms with Crippen LogP contribution in [0, 0.1) is 0 Å². The molecule has 0 fully saturated rings. The Hall–Kier alpha value is -1.42. The first-order valence-electron chi connectivity index (χ1n) is 5.39. The minimum absolute atomic E-state index is 0.261. The van der Waals surface area contributed by atoms with E-state index in [2.05, 4.69) is 0 Å². The van der Waals surface area contributed by atoms with E-state index in [1.165, 1.54) is 0 Å². The molecule has 88 valence electrons. The smallest absolute Gasteiger partial charge is 0.231 e. The molecule has 0 saturated carbocycles. The Balaban J connectivity index is 2.10. The second-order valence-corrected chi connectivity index (χ2v) is 4.42. The third kappa shape index (κ3) is 2.39. The van der Waals surface area contributed by atoms with Gasteiger partial charge in [0, 0.05) is 6.07 Å². The highest BCUT2D eigenvalue weighted by molar-refractivity contribution is 5.47. The highest BCUT2D eigenvalue weighted by atomic mass is 16.7. The summed E-state index contributed by atoms with van der Waals surface area (Å²) >= 11 is 0. The van der Waals surface area contributed by atoms with Gasteiger partial charge in [-0.25, -0.2) is 0 Å². The molecule has 1 aliphatic heterocycles. The van der Waals surface area contributed by atoms with E-state index in [0.29, 0.717) is 6.54 Å². The average molecular weight is 223 g/mol. The fourth-order valence-corrected chi connectivity index (χ4v) is 1.66. The van der Waals surface area contributed by atoms with Gasteiger partial charge in [0.15, 0.2) is 11.5 Å². The molecule has 1 aromatic rings. The Morgan fingerprint density at radius 1 is 1.31 bits per heavy atom. The fraction of sp³-hybridized carbons (Fsp3) is 0.500. The lowest BCUT2D eigenvalue weighted by molar-refractivity contribution is 0.102. The maximum Gasteiger partial charge on any atom is 0.231 e. The van der Waals surface area contributed by atoms with Crippen molar-refractivity contribution in [2.75, 3.05) is 13.3 Å². The lowest BCUT2D eigenvalue weighted by Crippen LogP contribution is -2.31. The standard InChI is InChI=1S/C12H17NO3/c1-12(2,5-6-13)16-9-3-4-10-11(7-9)15-8-14-10/h3-4,7H,5-6,8,13H2,1-2H3. The van der Waals surface area contributed by atoms with E-state index in [4.69, 9.17) is 19.9 Å². The molecule has 0 atom stereocenters. The second-order valence-electron chi connectivity index (χ2n) is 4.42. The van der Waals surface area contributed by atoms with E-state index in [0.717, 1.165) is 23.7 Å². The van der Waals surface area contributed by atoms with Crippen LogP contribution in [-0.2, 0) is 0 Å². The first-order valence-corrected chi connectivity index (χ1v) is 5.39. The normalized spacial score (nSPS) is 13.9. The summed E-state index contributed by atoms with van der Waals surface area (Å²) < 4.78 is 16.4. The maximum atomic E-state index is 5.85. The molecule has 0 aliphatic carbocycles. The van der Waals surface area contributed by atoms with Gasteiger partial charge in [-0.3, -0.25) is 0 Å². The topological polar surface area (TPSA) is 53.7 Å². The van der Waals surface area contributed by atoms with Crippen molar-refractivity contribution in [1.29, 1.82) is 0 Å². The third-order valence-corrected chi connectivity index (χ3v) is 2.48. The zero-order valence-electron chi connectivity index (χ0n) is 9.66. The summed E-state index contributed by atoms with van der Waals surface area (Å²) in [7, 11) is 0. The highest BCUT2D eigenvalue weighted by Crippen LogP contribution is 2.36. The number of hydrogen-bond acceptors (Lipinski definition) is 4. The summed E-state index contributed by atoms with van der Waals surface area (Å²) in [6, 6.07) is 5.59. The van der Waals surface area contributed by atoms with Gasteiger partial charge >= 0.3 is 0 Å². The minimum atomic E-state index is -0.261. The van der Waals surface area contributed by atoms with Crippen LogP contribution in [0.4, 0.5) is 0 Å². The number of ether oxygens (including phenoxy) is 3. The first kappa shape index (κ1) is 11.1. The summed E-state index contributed by atoms with van der Waals surface area (Å²) in [6.45, 7) is 4.93. The molecule has 0 saturated heterocycles. The van der Waals surface area contributed by atoms with Crippen molar-refractivity contribution < 1.29 is 14.2 Å². The third-order valence-electron chi connectivity index (χ3n) is 2.48. The number of benzene rings is 1. The van der Waals surface area contributed by atoms with Crippen LogP contribution >= 0.6 is 0 Å². The Bertz CT molecular complexity index is 377. The van der Waals surface area contributed by atoms with Crippen LogP contribution in [0.15, 0.2) is 18.2 Å². The Kier molecular flexibility index (Phi) is 2.92. The van der Waals surface area contributed by atoms with Crippen molar-refractivity contribution in [1.82, 2.24) is 0 Å². The van der Waals surface area contributed by atoms with Gasteiger partial charge in [-0.05, 0) is 38.9 Å². The highest BCUT2D eigenvalue weighted by Gasteiger charge is 2.20. The monoisotopic (exact) mass is 223 g/mol. The van der Waals surface area contributed by atoms with Crippen molar-refractivity contribution in [2.24, 2.45) is 5.73 Å². The lowest BCUT2D eigenvalue weighted by Gasteiger charge is -2.25. The average Bonchev–Trinajstić information content (AvgIpc) is 2.63. The van der Waals surface area contributed by atoms with Gasteiger partial charge in [-0.15, -0.1) is 0 Å². The fourth-order valence-electron chi connectivity index (χ4n) is 1.66. The largest absolute Gasteiger partial charge is 0.488 e. The molecule has 1 heterocycles. The molecule has 16 heavy (non-hydrogen) atoms. The molecular formula is C12H17NO3. The van der Waals surface area contributed by atoms with Gasteiger partial charge < -0.3 is 19.9 Å². The van der Waals surface area contributed by atoms with Crippen molar-refractivity contribution >= 4 is 0 Å². The molecule has 0 aromatic heterocycles. The van der Waals surface area contributed by atoms with Crippen LogP contribution in [-0.4, -0.2) is 18.9 Å². The molecule has 0 amide bonds. The van der Waals surface area contributed by atoms with Crippen molar-refractivity contribution in [3.05, 3.63) is 18.2 Å². The van der Waals surface area contributed by atoms with E-state index < -0.39 is 0 Å². The van der Waals surface area contributed by atoms with E-state index >= 15 is 0 Å².